The van der Waals surface area contributed by atoms with E-state index < -0.39 is 12.1 Å². The Labute approximate surface area is 67.2 Å². The molecule has 0 spiro atoms. The van der Waals surface area contributed by atoms with Gasteiger partial charge in [0.05, 0.1) is 0 Å². The van der Waals surface area contributed by atoms with E-state index in [4.69, 9.17) is 5.73 Å². The summed E-state index contributed by atoms with van der Waals surface area (Å²) in [6.07, 6.45) is -2.44. The lowest BCUT2D eigenvalue weighted by molar-refractivity contribution is 0.110. The first-order valence-corrected chi connectivity index (χ1v) is 3.15. The molecule has 5 heteroatoms. The van der Waals surface area contributed by atoms with Crippen LogP contribution in [0.15, 0.2) is 12.1 Å². The fourth-order valence-electron chi connectivity index (χ4n) is 0.776. The molecule has 0 fully saturated rings. The average Bonchev–Trinajstić information content (AvgIpc) is 2.04. The summed E-state index contributed by atoms with van der Waals surface area (Å²) < 4.78 is 24.2. The molecule has 0 unspecified atom stereocenters. The molecule has 12 heavy (non-hydrogen) atoms. The Balaban J connectivity index is 3.21. The Morgan fingerprint density at radius 2 is 2.17 bits per heavy atom. The minimum atomic E-state index is -2.77. The smallest absolute Gasteiger partial charge is 0.281 e. The Kier molecular flexibility index (Phi) is 2.32. The zero-order chi connectivity index (χ0) is 9.14. The van der Waals surface area contributed by atoms with Gasteiger partial charge in [-0.25, -0.2) is 13.8 Å². The van der Waals surface area contributed by atoms with Crippen molar-refractivity contribution in [3.63, 3.8) is 0 Å². The van der Waals surface area contributed by atoms with E-state index in [1.54, 1.807) is 0 Å². The van der Waals surface area contributed by atoms with E-state index in [0.29, 0.717) is 6.29 Å². The van der Waals surface area contributed by atoms with Crippen LogP contribution in [-0.4, -0.2) is 11.3 Å². The standard InChI is InChI=1S/C7H6F2N2O/c8-7(9)6-4(3-12)1-2-5(10)11-6/h1-3,7H,(H2,10,11). The molecular formula is C7H6F2N2O. The third-order valence-electron chi connectivity index (χ3n) is 1.31. The largest absolute Gasteiger partial charge is 0.384 e. The highest BCUT2D eigenvalue weighted by atomic mass is 19.3. The molecule has 64 valence electrons. The number of halogens is 2. The number of carbonyl (C=O) groups excluding carboxylic acids is 1. The van der Waals surface area contributed by atoms with Gasteiger partial charge in [0.2, 0.25) is 0 Å². The Morgan fingerprint density at radius 1 is 1.50 bits per heavy atom. The minimum absolute atomic E-state index is 0.0177. The molecule has 1 aromatic heterocycles. The van der Waals surface area contributed by atoms with Crippen molar-refractivity contribution in [3.05, 3.63) is 23.4 Å². The van der Waals surface area contributed by atoms with Gasteiger partial charge in [0.25, 0.3) is 6.43 Å². The van der Waals surface area contributed by atoms with E-state index in [9.17, 15) is 13.6 Å². The van der Waals surface area contributed by atoms with E-state index in [0.717, 1.165) is 0 Å². The van der Waals surface area contributed by atoms with Crippen molar-refractivity contribution < 1.29 is 13.6 Å². The monoisotopic (exact) mass is 172 g/mol. The number of nitrogens with zero attached hydrogens (tertiary/aromatic N) is 1. The molecule has 2 N–H and O–H groups in total. The summed E-state index contributed by atoms with van der Waals surface area (Å²) in [6, 6.07) is 2.52. The van der Waals surface area contributed by atoms with Crippen molar-refractivity contribution in [3.8, 4) is 0 Å². The number of nitrogens with two attached hydrogens (primary N) is 1. The molecule has 1 aromatic rings. The molecule has 0 aliphatic rings. The summed E-state index contributed by atoms with van der Waals surface area (Å²) in [4.78, 5) is 13.6. The molecular weight excluding hydrogens is 166 g/mol. The van der Waals surface area contributed by atoms with Gasteiger partial charge in [-0.1, -0.05) is 0 Å². The SMILES string of the molecule is Nc1ccc(C=O)c(C(F)F)n1. The molecule has 0 bridgehead atoms. The number of pyridine rings is 1. The second-order valence-corrected chi connectivity index (χ2v) is 2.13. The zero-order valence-corrected chi connectivity index (χ0v) is 6.00. The van der Waals surface area contributed by atoms with Crippen molar-refractivity contribution in [1.82, 2.24) is 4.98 Å². The van der Waals surface area contributed by atoms with E-state index in [1.807, 2.05) is 0 Å². The molecule has 0 saturated heterocycles. The summed E-state index contributed by atoms with van der Waals surface area (Å²) in [7, 11) is 0. The summed E-state index contributed by atoms with van der Waals surface area (Å²) in [5, 5.41) is 0. The number of hydrogen-bond acceptors (Lipinski definition) is 3. The molecule has 0 saturated carbocycles. The second kappa shape index (κ2) is 3.25. The average molecular weight is 172 g/mol. The molecule has 0 amide bonds. The van der Waals surface area contributed by atoms with Crippen LogP contribution >= 0.6 is 0 Å². The fourth-order valence-corrected chi connectivity index (χ4v) is 0.776. The normalized spacial score (nSPS) is 10.2. The molecule has 3 nitrogen and oxygen atoms in total. The maximum atomic E-state index is 12.1. The van der Waals surface area contributed by atoms with Crippen LogP contribution in [0.2, 0.25) is 0 Å². The maximum Gasteiger partial charge on any atom is 0.281 e. The molecule has 0 aliphatic heterocycles. The Morgan fingerprint density at radius 3 is 2.67 bits per heavy atom. The quantitative estimate of drug-likeness (QED) is 0.686. The van der Waals surface area contributed by atoms with Gasteiger partial charge < -0.3 is 5.73 Å². The number of alkyl halides is 2. The lowest BCUT2D eigenvalue weighted by Crippen LogP contribution is -2.00. The van der Waals surface area contributed by atoms with Crippen molar-refractivity contribution >= 4 is 12.1 Å². The van der Waals surface area contributed by atoms with Crippen molar-refractivity contribution in [2.45, 2.75) is 6.43 Å². The number of rotatable bonds is 2. The van der Waals surface area contributed by atoms with E-state index in [1.165, 1.54) is 12.1 Å². The van der Waals surface area contributed by atoms with Gasteiger partial charge in [-0.15, -0.1) is 0 Å². The van der Waals surface area contributed by atoms with Crippen LogP contribution in [0.4, 0.5) is 14.6 Å². The van der Waals surface area contributed by atoms with Crippen LogP contribution in [0.5, 0.6) is 0 Å². The number of nitrogen functional groups attached to an aromatic ring is 1. The third kappa shape index (κ3) is 1.55. The van der Waals surface area contributed by atoms with Gasteiger partial charge in [-0.3, -0.25) is 4.79 Å². The van der Waals surface area contributed by atoms with Crippen LogP contribution in [0.1, 0.15) is 22.5 Å². The molecule has 1 rings (SSSR count). The van der Waals surface area contributed by atoms with Gasteiger partial charge >= 0.3 is 0 Å². The van der Waals surface area contributed by atoms with E-state index in [-0.39, 0.29) is 11.4 Å². The molecule has 1 heterocycles. The first kappa shape index (κ1) is 8.58. The lowest BCUT2D eigenvalue weighted by Gasteiger charge is -2.02. The van der Waals surface area contributed by atoms with Gasteiger partial charge in [-0.2, -0.15) is 0 Å². The first-order valence-electron chi connectivity index (χ1n) is 3.15. The summed E-state index contributed by atoms with van der Waals surface area (Å²) in [5.41, 5.74) is 4.47. The first-order chi connectivity index (χ1) is 5.65. The molecule has 0 aliphatic carbocycles. The van der Waals surface area contributed by atoms with Gasteiger partial charge in [0.1, 0.15) is 11.5 Å². The maximum absolute atomic E-state index is 12.1. The van der Waals surface area contributed by atoms with Crippen molar-refractivity contribution in [2.24, 2.45) is 0 Å². The number of hydrogen-bond donors (Lipinski definition) is 1. The fraction of sp³-hybridized carbons (Fsp3) is 0.143. The highest BCUT2D eigenvalue weighted by Crippen LogP contribution is 2.20. The summed E-state index contributed by atoms with van der Waals surface area (Å²) in [6.45, 7) is 0. The van der Waals surface area contributed by atoms with Gasteiger partial charge in [0, 0.05) is 5.56 Å². The van der Waals surface area contributed by atoms with Crippen LogP contribution in [0, 0.1) is 0 Å². The van der Waals surface area contributed by atoms with E-state index in [2.05, 4.69) is 4.98 Å². The van der Waals surface area contributed by atoms with Crippen LogP contribution < -0.4 is 5.73 Å². The predicted molar refractivity (Wildman–Crippen MR) is 39.0 cm³/mol. The number of anilines is 1. The molecule has 0 atom stereocenters. The number of aldehydes is 1. The highest BCUT2D eigenvalue weighted by molar-refractivity contribution is 5.77. The zero-order valence-electron chi connectivity index (χ0n) is 6.00. The van der Waals surface area contributed by atoms with Gasteiger partial charge in [0.15, 0.2) is 6.29 Å². The van der Waals surface area contributed by atoms with Crippen molar-refractivity contribution in [2.75, 3.05) is 5.73 Å². The summed E-state index contributed by atoms with van der Waals surface area (Å²) >= 11 is 0. The van der Waals surface area contributed by atoms with Gasteiger partial charge in [-0.05, 0) is 12.1 Å². The minimum Gasteiger partial charge on any atom is -0.384 e. The third-order valence-corrected chi connectivity index (χ3v) is 1.31. The van der Waals surface area contributed by atoms with Crippen LogP contribution in [0.25, 0.3) is 0 Å². The number of aromatic nitrogens is 1. The van der Waals surface area contributed by atoms with E-state index >= 15 is 0 Å². The Bertz CT molecular complexity index is 301. The second-order valence-electron chi connectivity index (χ2n) is 2.13. The highest BCUT2D eigenvalue weighted by Gasteiger charge is 2.14. The lowest BCUT2D eigenvalue weighted by atomic mass is 10.2. The number of carbonyl (C=O) groups is 1. The van der Waals surface area contributed by atoms with Crippen molar-refractivity contribution in [1.29, 1.82) is 0 Å². The predicted octanol–water partition coefficient (Wildman–Crippen LogP) is 1.41. The molecule has 0 aromatic carbocycles. The van der Waals surface area contributed by atoms with Crippen LogP contribution in [-0.2, 0) is 0 Å². The molecule has 0 radical (unpaired) electrons. The van der Waals surface area contributed by atoms with Crippen LogP contribution in [0.3, 0.4) is 0 Å². The summed E-state index contributed by atoms with van der Waals surface area (Å²) in [5.74, 6) is -0.0177. The Hall–Kier alpha value is -1.52. The topological polar surface area (TPSA) is 56.0 Å².